The van der Waals surface area contributed by atoms with Crippen LogP contribution in [0.4, 0.5) is 0 Å². The summed E-state index contributed by atoms with van der Waals surface area (Å²) in [6.45, 7) is 20.8. The highest BCUT2D eigenvalue weighted by Crippen LogP contribution is 2.77. The molecule has 5 aliphatic carbocycles. The highest BCUT2D eigenvalue weighted by atomic mass is 16.5. The Kier molecular flexibility index (Phi) is 6.97. The van der Waals surface area contributed by atoms with Crippen molar-refractivity contribution in [3.63, 3.8) is 0 Å². The highest BCUT2D eigenvalue weighted by Gasteiger charge is 2.72. The summed E-state index contributed by atoms with van der Waals surface area (Å²) in [7, 11) is 0. The van der Waals surface area contributed by atoms with Gasteiger partial charge in [-0.1, -0.05) is 53.7 Å². The number of aliphatic carboxylic acids is 1. The van der Waals surface area contributed by atoms with E-state index in [-0.39, 0.29) is 39.7 Å². The standard InChI is InChI=1S/C34H55NO4/c1-9-23(35)28(36)39-26-14-15-31(6)24(30(26,4)5)13-16-33(8)25(31)11-10-22-27-21(20(2)3)12-17-34(27,29(37)38)19-18-32(22,33)7/h21-27H,2,9-19,35H2,1,3-8H3,(H,37,38)/t21-,22+,23-,24-,25+,26-,27+,31-,32+,33+,34-/m0/s1. The van der Waals surface area contributed by atoms with Crippen LogP contribution in [0.5, 0.6) is 0 Å². The van der Waals surface area contributed by atoms with E-state index in [9.17, 15) is 14.7 Å². The predicted octanol–water partition coefficient (Wildman–Crippen LogP) is 7.38. The number of nitrogens with two attached hydrogens (primary N) is 1. The molecule has 39 heavy (non-hydrogen) atoms. The van der Waals surface area contributed by atoms with E-state index < -0.39 is 17.4 Å². The molecule has 5 saturated carbocycles. The van der Waals surface area contributed by atoms with Crippen molar-refractivity contribution >= 4 is 11.9 Å². The van der Waals surface area contributed by atoms with Crippen LogP contribution in [0.2, 0.25) is 0 Å². The molecule has 0 saturated heterocycles. The average molecular weight is 542 g/mol. The van der Waals surface area contributed by atoms with Gasteiger partial charge in [0.2, 0.25) is 0 Å². The Morgan fingerprint density at radius 2 is 1.62 bits per heavy atom. The van der Waals surface area contributed by atoms with Gasteiger partial charge in [0.05, 0.1) is 5.41 Å². The van der Waals surface area contributed by atoms with Gasteiger partial charge in [0.25, 0.3) is 0 Å². The highest BCUT2D eigenvalue weighted by molar-refractivity contribution is 5.76. The zero-order valence-electron chi connectivity index (χ0n) is 25.8. The Labute approximate surface area is 237 Å². The molecule has 3 N–H and O–H groups in total. The maximum atomic E-state index is 12.9. The van der Waals surface area contributed by atoms with Crippen molar-refractivity contribution in [2.45, 2.75) is 131 Å². The Bertz CT molecular complexity index is 1040. The molecule has 5 rings (SSSR count). The third-order valence-electron chi connectivity index (χ3n) is 14.4. The summed E-state index contributed by atoms with van der Waals surface area (Å²) < 4.78 is 6.11. The monoisotopic (exact) mass is 541 g/mol. The molecule has 5 nitrogen and oxygen atoms in total. The SMILES string of the molecule is C=C(C)[C@@H]1CC[C@]2(C(=O)O)CC[C@]3(C)[C@H](CC[C@@H]4[C@@]5(C)CC[C@H](OC(=O)[C@@H](N)CC)C(C)(C)[C@@H]5CC[C@]43C)[C@@H]12. The molecular weight excluding hydrogens is 486 g/mol. The summed E-state index contributed by atoms with van der Waals surface area (Å²) in [5.41, 5.74) is 7.05. The van der Waals surface area contributed by atoms with Crippen molar-refractivity contribution in [1.29, 1.82) is 0 Å². The first kappa shape index (κ1) is 29.1. The van der Waals surface area contributed by atoms with E-state index in [0.29, 0.717) is 30.1 Å². The second-order valence-electron chi connectivity index (χ2n) is 15.9. The molecule has 11 atom stereocenters. The molecule has 0 aromatic rings. The van der Waals surface area contributed by atoms with E-state index in [0.717, 1.165) is 51.4 Å². The van der Waals surface area contributed by atoms with Crippen molar-refractivity contribution in [2.24, 2.45) is 62.4 Å². The third-order valence-corrected chi connectivity index (χ3v) is 14.4. The van der Waals surface area contributed by atoms with Crippen LogP contribution < -0.4 is 5.73 Å². The van der Waals surface area contributed by atoms with Crippen LogP contribution >= 0.6 is 0 Å². The van der Waals surface area contributed by atoms with Crippen molar-refractivity contribution in [2.75, 3.05) is 0 Å². The number of hydrogen-bond donors (Lipinski definition) is 2. The normalized spacial score (nSPS) is 49.0. The number of carboxylic acids is 1. The predicted molar refractivity (Wildman–Crippen MR) is 155 cm³/mol. The first-order chi connectivity index (χ1) is 18.1. The number of hydrogen-bond acceptors (Lipinski definition) is 4. The Hall–Kier alpha value is -1.36. The van der Waals surface area contributed by atoms with Crippen molar-refractivity contribution in [3.05, 3.63) is 12.2 Å². The molecule has 5 aliphatic rings. The quantitative estimate of drug-likeness (QED) is 0.280. The lowest BCUT2D eigenvalue weighted by Gasteiger charge is -2.72. The minimum atomic E-state index is -0.568. The first-order valence-electron chi connectivity index (χ1n) is 15.9. The van der Waals surface area contributed by atoms with Crippen LogP contribution in [0.25, 0.3) is 0 Å². The van der Waals surface area contributed by atoms with Crippen LogP contribution in [-0.4, -0.2) is 29.2 Å². The summed E-state index contributed by atoms with van der Waals surface area (Å²) in [5.74, 6) is 1.26. The number of carbonyl (C=O) groups is 2. The molecule has 0 aromatic heterocycles. The lowest BCUT2D eigenvalue weighted by Crippen LogP contribution is -2.67. The lowest BCUT2D eigenvalue weighted by atomic mass is 9.32. The van der Waals surface area contributed by atoms with Crippen LogP contribution in [-0.2, 0) is 14.3 Å². The number of carbonyl (C=O) groups excluding carboxylic acids is 1. The van der Waals surface area contributed by atoms with E-state index in [1.807, 2.05) is 6.92 Å². The fourth-order valence-electron chi connectivity index (χ4n) is 12.1. The minimum Gasteiger partial charge on any atom is -0.481 e. The smallest absolute Gasteiger partial charge is 0.323 e. The second-order valence-corrected chi connectivity index (χ2v) is 15.9. The molecule has 0 heterocycles. The number of rotatable bonds is 5. The fourth-order valence-corrected chi connectivity index (χ4v) is 12.1. The Morgan fingerprint density at radius 1 is 0.923 bits per heavy atom. The summed E-state index contributed by atoms with van der Waals surface area (Å²) >= 11 is 0. The summed E-state index contributed by atoms with van der Waals surface area (Å²) in [4.78, 5) is 25.6. The molecule has 5 heteroatoms. The van der Waals surface area contributed by atoms with Crippen LogP contribution in [0.3, 0.4) is 0 Å². The number of ether oxygens (including phenoxy) is 1. The number of allylic oxidation sites excluding steroid dienone is 1. The van der Waals surface area contributed by atoms with Gasteiger partial charge in [0.15, 0.2) is 0 Å². The van der Waals surface area contributed by atoms with Gasteiger partial charge in [-0.3, -0.25) is 9.59 Å². The van der Waals surface area contributed by atoms with Gasteiger partial charge in [-0.25, -0.2) is 0 Å². The van der Waals surface area contributed by atoms with E-state index in [1.165, 1.54) is 18.4 Å². The van der Waals surface area contributed by atoms with Gasteiger partial charge in [-0.2, -0.15) is 0 Å². The Morgan fingerprint density at radius 3 is 2.23 bits per heavy atom. The summed E-state index contributed by atoms with van der Waals surface area (Å²) in [5, 5.41) is 10.6. The van der Waals surface area contributed by atoms with E-state index in [1.54, 1.807) is 0 Å². The average Bonchev–Trinajstić information content (AvgIpc) is 3.27. The molecule has 0 aromatic carbocycles. The van der Waals surface area contributed by atoms with Gasteiger partial charge in [0, 0.05) is 5.41 Å². The Balaban J connectivity index is 1.47. The minimum absolute atomic E-state index is 0.0855. The molecule has 220 valence electrons. The molecule has 0 amide bonds. The van der Waals surface area contributed by atoms with Gasteiger partial charge in [0.1, 0.15) is 12.1 Å². The maximum absolute atomic E-state index is 12.9. The summed E-state index contributed by atoms with van der Waals surface area (Å²) in [6, 6.07) is -0.540. The fraction of sp³-hybridized carbons (Fsp3) is 0.882. The van der Waals surface area contributed by atoms with Gasteiger partial charge in [-0.05, 0) is 123 Å². The van der Waals surface area contributed by atoms with Gasteiger partial charge in [-0.15, -0.1) is 0 Å². The van der Waals surface area contributed by atoms with Gasteiger partial charge >= 0.3 is 11.9 Å². The molecule has 5 fully saturated rings. The third kappa shape index (κ3) is 3.79. The van der Waals surface area contributed by atoms with E-state index >= 15 is 0 Å². The number of carboxylic acid groups (broad SMARTS) is 1. The maximum Gasteiger partial charge on any atom is 0.323 e. The molecular formula is C34H55NO4. The molecule has 0 bridgehead atoms. The first-order valence-corrected chi connectivity index (χ1v) is 15.9. The molecule has 0 spiro atoms. The van der Waals surface area contributed by atoms with Crippen molar-refractivity contribution < 1.29 is 19.4 Å². The van der Waals surface area contributed by atoms with Crippen molar-refractivity contribution in [1.82, 2.24) is 0 Å². The van der Waals surface area contributed by atoms with Crippen LogP contribution in [0.15, 0.2) is 12.2 Å². The topological polar surface area (TPSA) is 89.6 Å². The van der Waals surface area contributed by atoms with Crippen LogP contribution in [0.1, 0.15) is 119 Å². The zero-order chi connectivity index (χ0) is 28.8. The molecule has 0 radical (unpaired) electrons. The molecule has 0 aliphatic heterocycles. The second kappa shape index (κ2) is 9.33. The number of fused-ring (bicyclic) bond motifs is 7. The van der Waals surface area contributed by atoms with E-state index in [4.69, 9.17) is 10.5 Å². The molecule has 0 unspecified atom stereocenters. The van der Waals surface area contributed by atoms with Crippen LogP contribution in [0, 0.1) is 56.7 Å². The van der Waals surface area contributed by atoms with Gasteiger partial charge < -0.3 is 15.6 Å². The van der Waals surface area contributed by atoms with E-state index in [2.05, 4.69) is 48.1 Å². The number of esters is 1. The van der Waals surface area contributed by atoms with Crippen molar-refractivity contribution in [3.8, 4) is 0 Å². The summed E-state index contributed by atoms with van der Waals surface area (Å²) in [6.07, 6.45) is 10.8. The lowest BCUT2D eigenvalue weighted by molar-refractivity contribution is -0.250. The largest absolute Gasteiger partial charge is 0.481 e. The zero-order valence-corrected chi connectivity index (χ0v) is 25.8.